The van der Waals surface area contributed by atoms with Crippen LogP contribution in [-0.2, 0) is 12.2 Å². The van der Waals surface area contributed by atoms with Crippen molar-refractivity contribution >= 4 is 29.2 Å². The van der Waals surface area contributed by atoms with Crippen LogP contribution in [0.5, 0.6) is 0 Å². The molecule has 3 heterocycles. The quantitative estimate of drug-likeness (QED) is 0.561. The highest BCUT2D eigenvalue weighted by Gasteiger charge is 2.04. The van der Waals surface area contributed by atoms with Gasteiger partial charge in [-0.15, -0.1) is 0 Å². The number of pyridine rings is 1. The Balaban J connectivity index is 1.41. The zero-order chi connectivity index (χ0) is 17.3. The molecule has 0 radical (unpaired) electrons. The average molecular weight is 374 g/mol. The second kappa shape index (κ2) is 9.33. The smallest absolute Gasteiger partial charge is 0.255 e. The molecule has 8 heteroatoms. The van der Waals surface area contributed by atoms with Crippen molar-refractivity contribution in [3.63, 3.8) is 0 Å². The summed E-state index contributed by atoms with van der Waals surface area (Å²) < 4.78 is 4.28. The summed E-state index contributed by atoms with van der Waals surface area (Å²) in [6.45, 7) is 0.773. The number of hydrogen-bond acceptors (Lipinski definition) is 7. The third kappa shape index (κ3) is 5.68. The molecule has 0 aliphatic carbocycles. The van der Waals surface area contributed by atoms with Crippen molar-refractivity contribution in [2.75, 3.05) is 17.6 Å². The molecular weight excluding hydrogens is 354 g/mol. The van der Waals surface area contributed by atoms with Gasteiger partial charge in [-0.25, -0.2) is 4.98 Å². The first-order chi connectivity index (χ1) is 12.3. The molecule has 0 saturated carbocycles. The van der Waals surface area contributed by atoms with Gasteiger partial charge in [-0.2, -0.15) is 16.1 Å². The molecule has 0 aliphatic rings. The summed E-state index contributed by atoms with van der Waals surface area (Å²) in [5.41, 5.74) is 2.66. The Morgan fingerprint density at radius 2 is 2.24 bits per heavy atom. The second-order valence-electron chi connectivity index (χ2n) is 5.45. The van der Waals surface area contributed by atoms with Gasteiger partial charge in [0.1, 0.15) is 0 Å². The van der Waals surface area contributed by atoms with Gasteiger partial charge < -0.3 is 5.32 Å². The van der Waals surface area contributed by atoms with E-state index in [9.17, 15) is 4.79 Å². The molecule has 0 atom stereocenters. The molecule has 2 N–H and O–H groups in total. The number of rotatable bonds is 9. The van der Waals surface area contributed by atoms with Crippen molar-refractivity contribution < 1.29 is 0 Å². The highest BCUT2D eigenvalue weighted by Crippen LogP contribution is 2.12. The average Bonchev–Trinajstić information content (AvgIpc) is 3.14. The number of hydrogen-bond donors (Lipinski definition) is 2. The fourth-order valence-electron chi connectivity index (χ4n) is 2.23. The number of H-pyrrole nitrogens is 1. The zero-order valence-corrected chi connectivity index (χ0v) is 15.3. The van der Waals surface area contributed by atoms with E-state index in [1.807, 2.05) is 29.3 Å². The topological polar surface area (TPSA) is 83.6 Å². The summed E-state index contributed by atoms with van der Waals surface area (Å²) >= 11 is 3.35. The van der Waals surface area contributed by atoms with Crippen LogP contribution < -0.4 is 10.9 Å². The van der Waals surface area contributed by atoms with Gasteiger partial charge in [0.25, 0.3) is 5.56 Å². The second-order valence-corrected chi connectivity index (χ2v) is 7.22. The minimum Gasteiger partial charge on any atom is -0.356 e. The van der Waals surface area contributed by atoms with Crippen LogP contribution in [0.25, 0.3) is 0 Å². The third-order valence-corrected chi connectivity index (χ3v) is 5.16. The maximum atomic E-state index is 12.1. The number of thioether (sulfide) groups is 1. The normalized spacial score (nSPS) is 10.7. The Morgan fingerprint density at radius 1 is 1.28 bits per heavy atom. The third-order valence-electron chi connectivity index (χ3n) is 3.49. The van der Waals surface area contributed by atoms with Gasteiger partial charge in [-0.3, -0.25) is 14.8 Å². The van der Waals surface area contributed by atoms with Gasteiger partial charge in [0.2, 0.25) is 5.95 Å². The summed E-state index contributed by atoms with van der Waals surface area (Å²) in [4.78, 5) is 23.3. The van der Waals surface area contributed by atoms with Crippen LogP contribution in [-0.4, -0.2) is 31.6 Å². The van der Waals surface area contributed by atoms with E-state index >= 15 is 0 Å². The van der Waals surface area contributed by atoms with Crippen LogP contribution in [0.3, 0.4) is 0 Å². The maximum Gasteiger partial charge on any atom is 0.255 e. The van der Waals surface area contributed by atoms with E-state index in [1.165, 1.54) is 11.5 Å². The molecule has 0 bridgehead atoms. The molecule has 0 aromatic carbocycles. The van der Waals surface area contributed by atoms with E-state index < -0.39 is 0 Å². The van der Waals surface area contributed by atoms with Crippen molar-refractivity contribution in [3.05, 3.63) is 69.3 Å². The Kier molecular flexibility index (Phi) is 6.58. The van der Waals surface area contributed by atoms with Gasteiger partial charge >= 0.3 is 0 Å². The van der Waals surface area contributed by atoms with Gasteiger partial charge in [0.05, 0.1) is 5.69 Å². The molecule has 3 aromatic rings. The molecule has 3 rings (SSSR count). The first-order valence-corrected chi connectivity index (χ1v) is 9.98. The monoisotopic (exact) mass is 373 g/mol. The standard InChI is InChI=1S/C17H19N5OS2/c23-16-14(9-13-3-1-5-18-10-13)11-20-17(21-16)19-6-2-7-24-12-15-4-8-25-22-15/h1,3-5,8,10-11H,2,6-7,9,12H2,(H2,19,20,21,23). The molecule has 0 fully saturated rings. The van der Waals surface area contributed by atoms with E-state index in [4.69, 9.17) is 0 Å². The summed E-state index contributed by atoms with van der Waals surface area (Å²) in [5, 5.41) is 5.16. The Morgan fingerprint density at radius 3 is 3.00 bits per heavy atom. The number of aromatic amines is 1. The lowest BCUT2D eigenvalue weighted by Crippen LogP contribution is -2.17. The lowest BCUT2D eigenvalue weighted by molar-refractivity contribution is 0.942. The van der Waals surface area contributed by atoms with Crippen molar-refractivity contribution in [2.24, 2.45) is 0 Å². The van der Waals surface area contributed by atoms with Gasteiger partial charge in [0.15, 0.2) is 0 Å². The largest absolute Gasteiger partial charge is 0.356 e. The van der Waals surface area contributed by atoms with Crippen molar-refractivity contribution in [3.8, 4) is 0 Å². The summed E-state index contributed by atoms with van der Waals surface area (Å²) in [6.07, 6.45) is 6.63. The Hall–Kier alpha value is -2.19. The molecule has 0 amide bonds. The highest BCUT2D eigenvalue weighted by molar-refractivity contribution is 7.98. The SMILES string of the molecule is O=c1[nH]c(NCCCSCc2ccsn2)ncc1Cc1cccnc1. The molecule has 3 aromatic heterocycles. The number of nitrogens with zero attached hydrogens (tertiary/aromatic N) is 3. The molecule has 25 heavy (non-hydrogen) atoms. The Labute approximate surface area is 154 Å². The minimum absolute atomic E-state index is 0.112. The fourth-order valence-corrected chi connectivity index (χ4v) is 3.71. The van der Waals surface area contributed by atoms with Crippen LogP contribution in [0.15, 0.2) is 47.0 Å². The van der Waals surface area contributed by atoms with Crippen molar-refractivity contribution in [2.45, 2.75) is 18.6 Å². The molecule has 0 saturated heterocycles. The lowest BCUT2D eigenvalue weighted by atomic mass is 10.1. The minimum atomic E-state index is -0.112. The van der Waals surface area contributed by atoms with Crippen LogP contribution in [0.4, 0.5) is 5.95 Å². The predicted octanol–water partition coefficient (Wildman–Crippen LogP) is 2.95. The molecular formula is C17H19N5OS2. The van der Waals surface area contributed by atoms with E-state index in [1.54, 1.807) is 18.6 Å². The first-order valence-electron chi connectivity index (χ1n) is 7.99. The van der Waals surface area contributed by atoms with Crippen LogP contribution >= 0.6 is 23.3 Å². The van der Waals surface area contributed by atoms with Crippen LogP contribution in [0.2, 0.25) is 0 Å². The molecule has 0 aliphatic heterocycles. The Bertz CT molecular complexity index is 821. The van der Waals surface area contributed by atoms with Gasteiger partial charge in [-0.1, -0.05) is 6.07 Å². The van der Waals surface area contributed by atoms with Gasteiger partial charge in [-0.05, 0) is 41.4 Å². The van der Waals surface area contributed by atoms with E-state index in [2.05, 4.69) is 30.7 Å². The fraction of sp³-hybridized carbons (Fsp3) is 0.294. The van der Waals surface area contributed by atoms with Crippen molar-refractivity contribution in [1.82, 2.24) is 19.3 Å². The highest BCUT2D eigenvalue weighted by atomic mass is 32.2. The summed E-state index contributed by atoms with van der Waals surface area (Å²) in [6, 6.07) is 5.86. The van der Waals surface area contributed by atoms with Crippen LogP contribution in [0, 0.1) is 0 Å². The van der Waals surface area contributed by atoms with Crippen LogP contribution in [0.1, 0.15) is 23.2 Å². The lowest BCUT2D eigenvalue weighted by Gasteiger charge is -2.06. The summed E-state index contributed by atoms with van der Waals surface area (Å²) in [5.74, 6) is 2.50. The van der Waals surface area contributed by atoms with E-state index in [0.29, 0.717) is 17.9 Å². The van der Waals surface area contributed by atoms with E-state index in [-0.39, 0.29) is 5.56 Å². The number of anilines is 1. The maximum absolute atomic E-state index is 12.1. The first kappa shape index (κ1) is 17.6. The summed E-state index contributed by atoms with van der Waals surface area (Å²) in [7, 11) is 0. The predicted molar refractivity (Wildman–Crippen MR) is 103 cm³/mol. The molecule has 0 spiro atoms. The molecule has 130 valence electrons. The van der Waals surface area contributed by atoms with Crippen molar-refractivity contribution in [1.29, 1.82) is 0 Å². The number of nitrogens with one attached hydrogen (secondary N) is 2. The number of aromatic nitrogens is 4. The van der Waals surface area contributed by atoms with Gasteiger partial charge in [0, 0.05) is 48.3 Å². The van der Waals surface area contributed by atoms with E-state index in [0.717, 1.165) is 35.7 Å². The zero-order valence-electron chi connectivity index (χ0n) is 13.6. The molecule has 6 nitrogen and oxygen atoms in total. The molecule has 0 unspecified atom stereocenters.